The van der Waals surface area contributed by atoms with E-state index in [2.05, 4.69) is 53.5 Å². The predicted octanol–water partition coefficient (Wildman–Crippen LogP) is 7.16. The molecule has 2 heterocycles. The maximum Gasteiger partial charge on any atom is 0.213 e. The second-order valence-corrected chi connectivity index (χ2v) is 8.94. The van der Waals surface area contributed by atoms with E-state index < -0.39 is 0 Å². The average molecular weight is 467 g/mol. The maximum absolute atomic E-state index is 6.46. The SMILES string of the molecule is Clc1ccc(COc2ccc([C@@H]3Oc4ccccc4[C@H]4CC(c5ccccc5)=NN43)cc2)cc1. The topological polar surface area (TPSA) is 34.1 Å². The Morgan fingerprint density at radius 2 is 1.59 bits per heavy atom. The summed E-state index contributed by atoms with van der Waals surface area (Å²) in [6.45, 7) is 0.489. The fourth-order valence-electron chi connectivity index (χ4n) is 4.54. The minimum atomic E-state index is -0.300. The molecule has 6 rings (SSSR count). The van der Waals surface area contributed by atoms with Crippen molar-refractivity contribution in [3.63, 3.8) is 0 Å². The lowest BCUT2D eigenvalue weighted by Gasteiger charge is -2.38. The normalized spacial score (nSPS) is 18.5. The van der Waals surface area contributed by atoms with E-state index in [0.717, 1.165) is 45.3 Å². The van der Waals surface area contributed by atoms with Crippen LogP contribution in [0.1, 0.15) is 40.9 Å². The van der Waals surface area contributed by atoms with Crippen molar-refractivity contribution in [1.29, 1.82) is 0 Å². The first-order chi connectivity index (χ1) is 16.7. The first kappa shape index (κ1) is 20.8. The Bertz CT molecular complexity index is 1320. The number of fused-ring (bicyclic) bond motifs is 3. The van der Waals surface area contributed by atoms with Crippen molar-refractivity contribution in [2.45, 2.75) is 25.3 Å². The summed E-state index contributed by atoms with van der Waals surface area (Å²) in [4.78, 5) is 0. The monoisotopic (exact) mass is 466 g/mol. The summed E-state index contributed by atoms with van der Waals surface area (Å²) in [6.07, 6.45) is 0.551. The highest BCUT2D eigenvalue weighted by Crippen LogP contribution is 2.47. The zero-order chi connectivity index (χ0) is 22.9. The molecule has 0 amide bonds. The van der Waals surface area contributed by atoms with E-state index in [1.165, 1.54) is 5.56 Å². The van der Waals surface area contributed by atoms with Gasteiger partial charge in [0.05, 0.1) is 11.8 Å². The van der Waals surface area contributed by atoms with Crippen LogP contribution < -0.4 is 9.47 Å². The Morgan fingerprint density at radius 1 is 0.853 bits per heavy atom. The molecule has 5 heteroatoms. The van der Waals surface area contributed by atoms with E-state index in [1.807, 2.05) is 54.6 Å². The standard InChI is InChI=1S/C29H23ClN2O2/c30-23-14-10-20(11-15-23)19-33-24-16-12-22(13-17-24)29-32-27(25-8-4-5-9-28(25)34-29)18-26(31-32)21-6-2-1-3-7-21/h1-17,27,29H,18-19H2/t27-,29+/m1/s1. The van der Waals surface area contributed by atoms with Gasteiger partial charge in [-0.05, 0) is 53.6 Å². The molecule has 2 atom stereocenters. The van der Waals surface area contributed by atoms with Crippen molar-refractivity contribution in [2.75, 3.05) is 0 Å². The fourth-order valence-corrected chi connectivity index (χ4v) is 4.66. The molecule has 0 unspecified atom stereocenters. The van der Waals surface area contributed by atoms with E-state index in [9.17, 15) is 0 Å². The minimum Gasteiger partial charge on any atom is -0.489 e. The van der Waals surface area contributed by atoms with E-state index >= 15 is 0 Å². The number of halogens is 1. The molecule has 0 aliphatic carbocycles. The zero-order valence-electron chi connectivity index (χ0n) is 18.5. The molecule has 0 saturated heterocycles. The van der Waals surface area contributed by atoms with E-state index in [-0.39, 0.29) is 12.3 Å². The van der Waals surface area contributed by atoms with Crippen molar-refractivity contribution in [2.24, 2.45) is 5.10 Å². The van der Waals surface area contributed by atoms with Gasteiger partial charge in [-0.1, -0.05) is 72.3 Å². The van der Waals surface area contributed by atoms with Gasteiger partial charge in [-0.3, -0.25) is 0 Å². The fraction of sp³-hybridized carbons (Fsp3) is 0.138. The van der Waals surface area contributed by atoms with Crippen LogP contribution in [0, 0.1) is 0 Å². The van der Waals surface area contributed by atoms with Gasteiger partial charge in [0, 0.05) is 22.6 Å². The summed E-state index contributed by atoms with van der Waals surface area (Å²) in [6, 6.07) is 34.6. The molecule has 4 nitrogen and oxygen atoms in total. The maximum atomic E-state index is 6.46. The van der Waals surface area contributed by atoms with Crippen molar-refractivity contribution < 1.29 is 9.47 Å². The third kappa shape index (κ3) is 4.02. The Labute approximate surface area is 204 Å². The van der Waals surface area contributed by atoms with Crippen molar-refractivity contribution >= 4 is 17.3 Å². The zero-order valence-corrected chi connectivity index (χ0v) is 19.2. The molecule has 0 fully saturated rings. The molecule has 4 aromatic carbocycles. The Morgan fingerprint density at radius 3 is 2.38 bits per heavy atom. The summed E-state index contributed by atoms with van der Waals surface area (Å²) in [5, 5.41) is 7.85. The first-order valence-corrected chi connectivity index (χ1v) is 11.8. The van der Waals surface area contributed by atoms with E-state index in [1.54, 1.807) is 0 Å². The van der Waals surface area contributed by atoms with E-state index in [0.29, 0.717) is 6.61 Å². The number of para-hydroxylation sites is 1. The van der Waals surface area contributed by atoms with Crippen LogP contribution in [0.5, 0.6) is 11.5 Å². The lowest BCUT2D eigenvalue weighted by atomic mass is 9.96. The van der Waals surface area contributed by atoms with Gasteiger partial charge in [0.15, 0.2) is 0 Å². The van der Waals surface area contributed by atoms with Crippen LogP contribution >= 0.6 is 11.6 Å². The molecule has 0 spiro atoms. The van der Waals surface area contributed by atoms with Gasteiger partial charge in [0.25, 0.3) is 0 Å². The van der Waals surface area contributed by atoms with E-state index in [4.69, 9.17) is 26.2 Å². The minimum absolute atomic E-state index is 0.144. The number of ether oxygens (including phenoxy) is 2. The third-order valence-electron chi connectivity index (χ3n) is 6.29. The molecule has 2 aliphatic heterocycles. The molecule has 4 aromatic rings. The van der Waals surface area contributed by atoms with Crippen molar-refractivity contribution in [1.82, 2.24) is 5.01 Å². The van der Waals surface area contributed by atoms with Crippen LogP contribution in [0.25, 0.3) is 0 Å². The van der Waals surface area contributed by atoms with Crippen LogP contribution in [0.2, 0.25) is 5.02 Å². The lowest BCUT2D eigenvalue weighted by molar-refractivity contribution is -0.0190. The highest BCUT2D eigenvalue weighted by atomic mass is 35.5. The number of hydrazone groups is 1. The summed E-state index contributed by atoms with van der Waals surface area (Å²) in [7, 11) is 0. The third-order valence-corrected chi connectivity index (χ3v) is 6.54. The molecular formula is C29H23ClN2O2. The molecule has 0 saturated carbocycles. The number of benzene rings is 4. The van der Waals surface area contributed by atoms with Crippen molar-refractivity contribution in [3.05, 3.63) is 130 Å². The molecular weight excluding hydrogens is 444 g/mol. The lowest BCUT2D eigenvalue weighted by Crippen LogP contribution is -2.33. The molecule has 2 aliphatic rings. The second kappa shape index (κ2) is 8.88. The van der Waals surface area contributed by atoms with Gasteiger partial charge in [0.1, 0.15) is 18.1 Å². The largest absolute Gasteiger partial charge is 0.489 e. The van der Waals surface area contributed by atoms with Crippen LogP contribution in [0.3, 0.4) is 0 Å². The molecule has 0 bridgehead atoms. The predicted molar refractivity (Wildman–Crippen MR) is 134 cm³/mol. The molecule has 0 radical (unpaired) electrons. The Hall–Kier alpha value is -3.76. The summed E-state index contributed by atoms with van der Waals surface area (Å²) in [5.74, 6) is 1.72. The number of rotatable bonds is 5. The van der Waals surface area contributed by atoms with Gasteiger partial charge in [0.2, 0.25) is 6.23 Å². The van der Waals surface area contributed by atoms with Gasteiger partial charge in [-0.2, -0.15) is 5.10 Å². The Balaban J connectivity index is 1.26. The van der Waals surface area contributed by atoms with Crippen molar-refractivity contribution in [3.8, 4) is 11.5 Å². The highest BCUT2D eigenvalue weighted by molar-refractivity contribution is 6.30. The number of hydrogen-bond donors (Lipinski definition) is 0. The molecule has 0 N–H and O–H groups in total. The van der Waals surface area contributed by atoms with Crippen LogP contribution in [0.15, 0.2) is 108 Å². The number of hydrogen-bond acceptors (Lipinski definition) is 4. The molecule has 168 valence electrons. The quantitative estimate of drug-likeness (QED) is 0.313. The second-order valence-electron chi connectivity index (χ2n) is 8.50. The number of nitrogens with zero attached hydrogens (tertiary/aromatic N) is 2. The van der Waals surface area contributed by atoms with Gasteiger partial charge >= 0.3 is 0 Å². The van der Waals surface area contributed by atoms with Crippen LogP contribution in [-0.2, 0) is 6.61 Å². The first-order valence-electron chi connectivity index (χ1n) is 11.4. The summed E-state index contributed by atoms with van der Waals surface area (Å²) >= 11 is 5.97. The Kier molecular flexibility index (Phi) is 5.44. The summed E-state index contributed by atoms with van der Waals surface area (Å²) < 4.78 is 12.4. The molecule has 34 heavy (non-hydrogen) atoms. The van der Waals surface area contributed by atoms with Crippen LogP contribution in [-0.4, -0.2) is 10.7 Å². The average Bonchev–Trinajstić information content (AvgIpc) is 3.35. The van der Waals surface area contributed by atoms with Gasteiger partial charge in [-0.25, -0.2) is 5.01 Å². The highest BCUT2D eigenvalue weighted by Gasteiger charge is 2.40. The summed E-state index contributed by atoms with van der Waals surface area (Å²) in [5.41, 5.74) is 5.52. The molecule has 0 aromatic heterocycles. The van der Waals surface area contributed by atoms with Gasteiger partial charge in [-0.15, -0.1) is 0 Å². The van der Waals surface area contributed by atoms with Gasteiger partial charge < -0.3 is 9.47 Å². The van der Waals surface area contributed by atoms with Crippen LogP contribution in [0.4, 0.5) is 0 Å². The smallest absolute Gasteiger partial charge is 0.213 e.